The van der Waals surface area contributed by atoms with E-state index in [0.29, 0.717) is 5.57 Å². The topological polar surface area (TPSA) is 63.6 Å². The van der Waals surface area contributed by atoms with Gasteiger partial charge in [-0.15, -0.1) is 0 Å². The average molecular weight is 158 g/mol. The van der Waals surface area contributed by atoms with E-state index in [1.165, 1.54) is 0 Å². The van der Waals surface area contributed by atoms with Crippen LogP contribution in [0.2, 0.25) is 0 Å². The predicted octanol–water partition coefficient (Wildman–Crippen LogP) is 0.580. The molecular formula is C7H10O4. The molecule has 0 atom stereocenters. The van der Waals surface area contributed by atoms with Crippen molar-refractivity contribution >= 4 is 11.9 Å². The Balaban J connectivity index is 3.53. The van der Waals surface area contributed by atoms with E-state index in [1.54, 1.807) is 6.92 Å². The van der Waals surface area contributed by atoms with Gasteiger partial charge in [0.25, 0.3) is 0 Å². The lowest BCUT2D eigenvalue weighted by atomic mass is 10.4. The molecule has 62 valence electrons. The molecule has 0 bridgehead atoms. The Morgan fingerprint density at radius 2 is 2.09 bits per heavy atom. The van der Waals surface area contributed by atoms with Gasteiger partial charge in [-0.25, -0.2) is 0 Å². The maximum atomic E-state index is 10.5. The van der Waals surface area contributed by atoms with Crippen LogP contribution in [0.15, 0.2) is 12.2 Å². The van der Waals surface area contributed by atoms with E-state index in [9.17, 15) is 9.59 Å². The summed E-state index contributed by atoms with van der Waals surface area (Å²) in [5, 5.41) is 8.13. The molecule has 0 radical (unpaired) electrons. The first-order chi connectivity index (χ1) is 5.02. The van der Waals surface area contributed by atoms with Gasteiger partial charge >= 0.3 is 11.9 Å². The number of esters is 1. The number of ether oxygens (including phenoxy) is 1. The monoisotopic (exact) mass is 158 g/mol. The molecule has 0 rings (SSSR count). The van der Waals surface area contributed by atoms with E-state index in [1.807, 2.05) is 0 Å². The molecule has 0 aromatic carbocycles. The molecular weight excluding hydrogens is 148 g/mol. The zero-order valence-electron chi connectivity index (χ0n) is 6.29. The van der Waals surface area contributed by atoms with Gasteiger partial charge in [0.2, 0.25) is 0 Å². The maximum Gasteiger partial charge on any atom is 0.317 e. The smallest absolute Gasteiger partial charge is 0.317 e. The van der Waals surface area contributed by atoms with Crippen LogP contribution in [-0.2, 0) is 14.3 Å². The summed E-state index contributed by atoms with van der Waals surface area (Å²) in [5.41, 5.74) is 0.684. The van der Waals surface area contributed by atoms with Crippen molar-refractivity contribution in [2.75, 3.05) is 6.61 Å². The normalized spacial score (nSPS) is 8.82. The number of carboxylic acids is 1. The van der Waals surface area contributed by atoms with Gasteiger partial charge in [-0.2, -0.15) is 0 Å². The van der Waals surface area contributed by atoms with Crippen LogP contribution in [0, 0.1) is 0 Å². The number of carbonyl (C=O) groups excluding carboxylic acids is 1. The fourth-order valence-electron chi connectivity index (χ4n) is 0.378. The highest BCUT2D eigenvalue weighted by molar-refractivity contribution is 5.90. The molecule has 0 saturated carbocycles. The molecule has 0 unspecified atom stereocenters. The van der Waals surface area contributed by atoms with Crippen LogP contribution in [0.5, 0.6) is 0 Å². The number of hydrogen-bond donors (Lipinski definition) is 1. The van der Waals surface area contributed by atoms with Crippen molar-refractivity contribution in [2.45, 2.75) is 13.3 Å². The van der Waals surface area contributed by atoms with Crippen molar-refractivity contribution in [2.24, 2.45) is 0 Å². The molecule has 0 aliphatic heterocycles. The molecule has 0 spiro atoms. The van der Waals surface area contributed by atoms with Crippen LogP contribution in [0.1, 0.15) is 13.3 Å². The standard InChI is InChI=1S/C7H10O4/c1-5(2)4-11-7(10)3-6(8)9/h1,3-4H2,2H3,(H,8,9). The van der Waals surface area contributed by atoms with Crippen molar-refractivity contribution < 1.29 is 19.4 Å². The molecule has 0 aromatic rings. The third-order valence-corrected chi connectivity index (χ3v) is 0.775. The number of carbonyl (C=O) groups is 2. The number of hydrogen-bond acceptors (Lipinski definition) is 3. The van der Waals surface area contributed by atoms with Crippen LogP contribution in [0.3, 0.4) is 0 Å². The minimum atomic E-state index is -1.18. The third-order valence-electron chi connectivity index (χ3n) is 0.775. The van der Waals surface area contributed by atoms with Gasteiger partial charge in [-0.05, 0) is 12.5 Å². The van der Waals surface area contributed by atoms with Gasteiger partial charge in [0.05, 0.1) is 0 Å². The molecule has 11 heavy (non-hydrogen) atoms. The molecule has 0 saturated heterocycles. The summed E-state index contributed by atoms with van der Waals surface area (Å²) in [4.78, 5) is 20.4. The first-order valence-electron chi connectivity index (χ1n) is 3.04. The van der Waals surface area contributed by atoms with Crippen molar-refractivity contribution in [3.8, 4) is 0 Å². The van der Waals surface area contributed by atoms with Crippen molar-refractivity contribution in [3.63, 3.8) is 0 Å². The Hall–Kier alpha value is -1.32. The van der Waals surface area contributed by atoms with Gasteiger partial charge < -0.3 is 9.84 Å². The second kappa shape index (κ2) is 4.49. The van der Waals surface area contributed by atoms with Gasteiger partial charge in [-0.1, -0.05) is 6.58 Å². The lowest BCUT2D eigenvalue weighted by Crippen LogP contribution is -2.11. The third kappa shape index (κ3) is 6.57. The molecule has 4 nitrogen and oxygen atoms in total. The SMILES string of the molecule is C=C(C)COC(=O)CC(=O)O. The highest BCUT2D eigenvalue weighted by Crippen LogP contribution is 1.91. The molecule has 0 aromatic heterocycles. The largest absolute Gasteiger partial charge is 0.481 e. The first-order valence-corrected chi connectivity index (χ1v) is 3.04. The molecule has 0 amide bonds. The summed E-state index contributed by atoms with van der Waals surface area (Å²) in [5.74, 6) is -1.92. The Labute approximate surface area is 64.5 Å². The van der Waals surface area contributed by atoms with Crippen LogP contribution in [0.25, 0.3) is 0 Å². The maximum absolute atomic E-state index is 10.5. The molecule has 1 N–H and O–H groups in total. The summed E-state index contributed by atoms with van der Waals surface area (Å²) >= 11 is 0. The van der Waals surface area contributed by atoms with Crippen molar-refractivity contribution in [1.29, 1.82) is 0 Å². The number of carboxylic acid groups (broad SMARTS) is 1. The second-order valence-corrected chi connectivity index (χ2v) is 2.19. The highest BCUT2D eigenvalue weighted by Gasteiger charge is 2.07. The van der Waals surface area contributed by atoms with Crippen LogP contribution in [-0.4, -0.2) is 23.7 Å². The quantitative estimate of drug-likeness (QED) is 0.369. The Morgan fingerprint density at radius 3 is 2.45 bits per heavy atom. The fraction of sp³-hybridized carbons (Fsp3) is 0.429. The summed E-state index contributed by atoms with van der Waals surface area (Å²) < 4.78 is 4.49. The minimum Gasteiger partial charge on any atom is -0.481 e. The highest BCUT2D eigenvalue weighted by atomic mass is 16.5. The van der Waals surface area contributed by atoms with E-state index in [4.69, 9.17) is 5.11 Å². The van der Waals surface area contributed by atoms with Gasteiger partial charge in [0, 0.05) is 0 Å². The molecule has 0 aliphatic rings. The zero-order valence-corrected chi connectivity index (χ0v) is 6.29. The van der Waals surface area contributed by atoms with Crippen molar-refractivity contribution in [3.05, 3.63) is 12.2 Å². The second-order valence-electron chi connectivity index (χ2n) is 2.19. The van der Waals surface area contributed by atoms with Gasteiger partial charge in [0.15, 0.2) is 0 Å². The lowest BCUT2D eigenvalue weighted by Gasteiger charge is -2.00. The van der Waals surface area contributed by atoms with E-state index >= 15 is 0 Å². The summed E-state index contributed by atoms with van der Waals surface area (Å²) in [6.45, 7) is 5.26. The van der Waals surface area contributed by atoms with E-state index in [2.05, 4.69) is 11.3 Å². The Bertz CT molecular complexity index is 183. The van der Waals surface area contributed by atoms with Crippen LogP contribution < -0.4 is 0 Å². The number of rotatable bonds is 4. The van der Waals surface area contributed by atoms with E-state index < -0.39 is 18.4 Å². The summed E-state index contributed by atoms with van der Waals surface area (Å²) in [7, 11) is 0. The minimum absolute atomic E-state index is 0.0894. The van der Waals surface area contributed by atoms with Gasteiger partial charge in [-0.3, -0.25) is 9.59 Å². The Morgan fingerprint density at radius 1 is 1.55 bits per heavy atom. The predicted molar refractivity (Wildman–Crippen MR) is 38.0 cm³/mol. The summed E-state index contributed by atoms with van der Waals surface area (Å²) in [6.07, 6.45) is -0.590. The lowest BCUT2D eigenvalue weighted by molar-refractivity contribution is -0.150. The van der Waals surface area contributed by atoms with Gasteiger partial charge in [0.1, 0.15) is 13.0 Å². The number of aliphatic carboxylic acids is 1. The molecule has 0 aliphatic carbocycles. The summed E-state index contributed by atoms with van der Waals surface area (Å²) in [6, 6.07) is 0. The van der Waals surface area contributed by atoms with Crippen LogP contribution >= 0.6 is 0 Å². The van der Waals surface area contributed by atoms with E-state index in [-0.39, 0.29) is 6.61 Å². The first kappa shape index (κ1) is 9.68. The van der Waals surface area contributed by atoms with Crippen LogP contribution in [0.4, 0.5) is 0 Å². The Kier molecular flexibility index (Phi) is 3.95. The van der Waals surface area contributed by atoms with Crippen molar-refractivity contribution in [1.82, 2.24) is 0 Å². The fourth-order valence-corrected chi connectivity index (χ4v) is 0.378. The average Bonchev–Trinajstić information content (AvgIpc) is 1.82. The molecule has 0 fully saturated rings. The zero-order chi connectivity index (χ0) is 8.85. The molecule has 0 heterocycles. The van der Waals surface area contributed by atoms with E-state index in [0.717, 1.165) is 0 Å². The molecule has 4 heteroatoms.